The van der Waals surface area contributed by atoms with E-state index in [2.05, 4.69) is 25.5 Å². The molecule has 0 aliphatic carbocycles. The van der Waals surface area contributed by atoms with Gasteiger partial charge in [0.25, 0.3) is 5.91 Å². The van der Waals surface area contributed by atoms with E-state index in [0.717, 1.165) is 17.8 Å². The van der Waals surface area contributed by atoms with Gasteiger partial charge in [-0.05, 0) is 35.2 Å². The van der Waals surface area contributed by atoms with Crippen molar-refractivity contribution in [3.63, 3.8) is 0 Å². The lowest BCUT2D eigenvalue weighted by molar-refractivity contribution is -0.142. The highest BCUT2D eigenvalue weighted by Crippen LogP contribution is 2.33. The van der Waals surface area contributed by atoms with Crippen LogP contribution in [0.2, 0.25) is 0 Å². The van der Waals surface area contributed by atoms with Gasteiger partial charge in [0.1, 0.15) is 17.7 Å². The van der Waals surface area contributed by atoms with Gasteiger partial charge < -0.3 is 0 Å². The van der Waals surface area contributed by atoms with Gasteiger partial charge in [0, 0.05) is 5.56 Å². The van der Waals surface area contributed by atoms with Crippen LogP contribution in [0.25, 0.3) is 16.9 Å². The number of hydrogen-bond acceptors (Lipinski definition) is 5. The smallest absolute Gasteiger partial charge is 0.289 e. The quantitative estimate of drug-likeness (QED) is 0.294. The van der Waals surface area contributed by atoms with E-state index in [-0.39, 0.29) is 35.3 Å². The summed E-state index contributed by atoms with van der Waals surface area (Å²) in [5.41, 5.74) is 0.659. The molecule has 0 saturated carbocycles. The Labute approximate surface area is 214 Å². The fourth-order valence-electron chi connectivity index (χ4n) is 3.93. The molecule has 1 amide bonds. The van der Waals surface area contributed by atoms with E-state index in [9.17, 15) is 22.4 Å². The van der Waals surface area contributed by atoms with Gasteiger partial charge in [-0.3, -0.25) is 10.1 Å². The highest BCUT2D eigenvalue weighted by Gasteiger charge is 2.36. The third-order valence-electron chi connectivity index (χ3n) is 5.88. The van der Waals surface area contributed by atoms with Crippen LogP contribution in [0.5, 0.6) is 0 Å². The topological polar surface area (TPSA) is 90.0 Å². The zero-order chi connectivity index (χ0) is 27.0. The van der Waals surface area contributed by atoms with Crippen LogP contribution in [0.15, 0.2) is 67.1 Å². The number of aromatic nitrogens is 6. The molecule has 8 nitrogen and oxygen atoms in total. The Kier molecular flexibility index (Phi) is 6.39. The predicted octanol–water partition coefficient (Wildman–Crippen LogP) is 5.57. The van der Waals surface area contributed by atoms with Gasteiger partial charge >= 0.3 is 6.18 Å². The first-order valence-corrected chi connectivity index (χ1v) is 11.6. The Balaban J connectivity index is 1.46. The van der Waals surface area contributed by atoms with Gasteiger partial charge in [-0.25, -0.2) is 23.6 Å². The number of anilines is 1. The summed E-state index contributed by atoms with van der Waals surface area (Å²) in [4.78, 5) is 21.4. The summed E-state index contributed by atoms with van der Waals surface area (Å²) in [6.07, 6.45) is -2.39. The minimum Gasteiger partial charge on any atom is -0.289 e. The second-order valence-electron chi connectivity index (χ2n) is 8.94. The maximum Gasteiger partial charge on any atom is 0.433 e. The molecule has 3 heterocycles. The van der Waals surface area contributed by atoms with Gasteiger partial charge in [-0.15, -0.1) is 5.10 Å². The van der Waals surface area contributed by atoms with Crippen molar-refractivity contribution in [2.45, 2.75) is 32.5 Å². The van der Waals surface area contributed by atoms with Gasteiger partial charge in [0.2, 0.25) is 5.95 Å². The zero-order valence-electron chi connectivity index (χ0n) is 20.2. The van der Waals surface area contributed by atoms with Gasteiger partial charge in [-0.1, -0.05) is 50.2 Å². The van der Waals surface area contributed by atoms with Crippen molar-refractivity contribution in [1.82, 2.24) is 29.4 Å². The molecule has 0 spiro atoms. The van der Waals surface area contributed by atoms with Gasteiger partial charge in [0.05, 0.1) is 18.4 Å². The number of nitrogens with one attached hydrogen (secondary N) is 1. The van der Waals surface area contributed by atoms with Gasteiger partial charge in [-0.2, -0.15) is 18.3 Å². The first kappa shape index (κ1) is 25.1. The first-order valence-electron chi connectivity index (χ1n) is 11.6. The Morgan fingerprint density at radius 3 is 2.53 bits per heavy atom. The Morgan fingerprint density at radius 2 is 1.84 bits per heavy atom. The number of halogens is 4. The fourth-order valence-corrected chi connectivity index (χ4v) is 3.93. The van der Waals surface area contributed by atoms with Crippen molar-refractivity contribution in [3.05, 3.63) is 95.3 Å². The van der Waals surface area contributed by atoms with Crippen molar-refractivity contribution in [3.8, 4) is 11.3 Å². The van der Waals surface area contributed by atoms with Crippen molar-refractivity contribution >= 4 is 17.5 Å². The maximum absolute atomic E-state index is 13.9. The highest BCUT2D eigenvalue weighted by atomic mass is 19.4. The molecule has 0 bridgehead atoms. The predicted molar refractivity (Wildman–Crippen MR) is 131 cm³/mol. The minimum absolute atomic E-state index is 0.0483. The Bertz CT molecular complexity index is 1620. The van der Waals surface area contributed by atoms with Crippen LogP contribution in [-0.4, -0.2) is 35.3 Å². The standard InChI is InChI=1S/C26H21F4N7O/c1-15(2)17-6-8-18(9-7-17)21-11-22(26(28,29)30)37-23(33-21)20(12-32-37)24(38)34-25-31-14-36(35-25)13-16-4-3-5-19(27)10-16/h3-12,14-15H,13H2,1-2H3,(H,34,35,38). The van der Waals surface area contributed by atoms with E-state index in [4.69, 9.17) is 0 Å². The Morgan fingerprint density at radius 1 is 1.08 bits per heavy atom. The maximum atomic E-state index is 13.9. The molecule has 0 aliphatic rings. The average molecular weight is 523 g/mol. The SMILES string of the molecule is CC(C)c1ccc(-c2cc(C(F)(F)F)n3ncc(C(=O)Nc4ncn(Cc5cccc(F)c5)n4)c3n2)cc1. The van der Waals surface area contributed by atoms with Crippen molar-refractivity contribution in [1.29, 1.82) is 0 Å². The second kappa shape index (κ2) is 9.69. The van der Waals surface area contributed by atoms with Crippen molar-refractivity contribution in [2.75, 3.05) is 5.32 Å². The number of hydrogen-bond donors (Lipinski definition) is 1. The largest absolute Gasteiger partial charge is 0.433 e. The summed E-state index contributed by atoms with van der Waals surface area (Å²) >= 11 is 0. The molecule has 194 valence electrons. The molecule has 12 heteroatoms. The summed E-state index contributed by atoms with van der Waals surface area (Å²) in [5.74, 6) is -1.01. The molecular weight excluding hydrogens is 502 g/mol. The van der Waals surface area contributed by atoms with Crippen LogP contribution in [0.4, 0.5) is 23.5 Å². The lowest BCUT2D eigenvalue weighted by Crippen LogP contribution is -2.16. The van der Waals surface area contributed by atoms with Crippen molar-refractivity contribution in [2.24, 2.45) is 0 Å². The molecule has 0 unspecified atom stereocenters. The van der Waals surface area contributed by atoms with Crippen LogP contribution in [-0.2, 0) is 12.7 Å². The summed E-state index contributed by atoms with van der Waals surface area (Å²) in [6, 6.07) is 13.9. The zero-order valence-corrected chi connectivity index (χ0v) is 20.2. The molecule has 5 rings (SSSR count). The van der Waals surface area contributed by atoms with E-state index in [1.54, 1.807) is 24.3 Å². The molecule has 0 radical (unpaired) electrons. The lowest BCUT2D eigenvalue weighted by atomic mass is 10.0. The summed E-state index contributed by atoms with van der Waals surface area (Å²) in [6.45, 7) is 4.22. The van der Waals surface area contributed by atoms with Crippen molar-refractivity contribution < 1.29 is 22.4 Å². The molecule has 1 N–H and O–H groups in total. The third kappa shape index (κ3) is 5.10. The van der Waals surface area contributed by atoms with Gasteiger partial charge in [0.15, 0.2) is 11.3 Å². The molecule has 0 saturated heterocycles. The van der Waals surface area contributed by atoms with Crippen LogP contribution in [0.3, 0.4) is 0 Å². The van der Waals surface area contributed by atoms with Crippen LogP contribution < -0.4 is 5.32 Å². The summed E-state index contributed by atoms with van der Waals surface area (Å²) in [5, 5.41) is 10.4. The number of amides is 1. The molecule has 0 atom stereocenters. The minimum atomic E-state index is -4.75. The van der Waals surface area contributed by atoms with E-state index in [0.29, 0.717) is 15.6 Å². The van der Waals surface area contributed by atoms with Crippen LogP contribution >= 0.6 is 0 Å². The van der Waals surface area contributed by atoms with E-state index >= 15 is 0 Å². The summed E-state index contributed by atoms with van der Waals surface area (Å²) in [7, 11) is 0. The molecule has 0 aliphatic heterocycles. The molecule has 5 aromatic rings. The normalized spacial score (nSPS) is 11.9. The molecule has 38 heavy (non-hydrogen) atoms. The lowest BCUT2D eigenvalue weighted by Gasteiger charge is -2.12. The Hall–Kier alpha value is -4.61. The summed E-state index contributed by atoms with van der Waals surface area (Å²) < 4.78 is 57.2. The monoisotopic (exact) mass is 523 g/mol. The van der Waals surface area contributed by atoms with Crippen LogP contribution in [0.1, 0.15) is 46.9 Å². The third-order valence-corrected chi connectivity index (χ3v) is 5.88. The van der Waals surface area contributed by atoms with E-state index in [1.807, 2.05) is 26.0 Å². The fraction of sp³-hybridized carbons (Fsp3) is 0.192. The van der Waals surface area contributed by atoms with E-state index < -0.39 is 23.6 Å². The van der Waals surface area contributed by atoms with E-state index in [1.165, 1.54) is 23.1 Å². The second-order valence-corrected chi connectivity index (χ2v) is 8.94. The number of alkyl halides is 3. The number of carbonyl (C=O) groups is 1. The molecular formula is C26H21F4N7O. The van der Waals surface area contributed by atoms with Crippen LogP contribution in [0, 0.1) is 5.82 Å². The number of rotatable bonds is 6. The number of benzene rings is 2. The number of fused-ring (bicyclic) bond motifs is 1. The number of carbonyl (C=O) groups excluding carboxylic acids is 1. The average Bonchev–Trinajstić information content (AvgIpc) is 3.49. The highest BCUT2D eigenvalue weighted by molar-refractivity contribution is 6.07. The molecule has 3 aromatic heterocycles. The first-order chi connectivity index (χ1) is 18.1. The number of nitrogens with zero attached hydrogens (tertiary/aromatic N) is 6. The molecule has 2 aromatic carbocycles. The molecule has 0 fully saturated rings.